The van der Waals surface area contributed by atoms with Crippen LogP contribution in [0.3, 0.4) is 0 Å². The summed E-state index contributed by atoms with van der Waals surface area (Å²) in [7, 11) is 0. The molecule has 0 aliphatic heterocycles. The van der Waals surface area contributed by atoms with Crippen molar-refractivity contribution < 1.29 is 19.1 Å². The summed E-state index contributed by atoms with van der Waals surface area (Å²) >= 11 is 0. The molecule has 6 nitrogen and oxygen atoms in total. The number of carbonyl (C=O) groups is 2. The zero-order valence-corrected chi connectivity index (χ0v) is 13.5. The Bertz CT molecular complexity index is 506. The van der Waals surface area contributed by atoms with E-state index in [0.29, 0.717) is 12.2 Å². The Labute approximate surface area is 131 Å². The van der Waals surface area contributed by atoms with E-state index in [1.807, 2.05) is 0 Å². The van der Waals surface area contributed by atoms with E-state index >= 15 is 0 Å². The highest BCUT2D eigenvalue weighted by atomic mass is 16.6. The van der Waals surface area contributed by atoms with Crippen LogP contribution in [-0.4, -0.2) is 30.8 Å². The van der Waals surface area contributed by atoms with Gasteiger partial charge in [-0.2, -0.15) is 0 Å². The number of carbonyl (C=O) groups excluding carboxylic acids is 2. The highest BCUT2D eigenvalue weighted by Gasteiger charge is 2.17. The van der Waals surface area contributed by atoms with Crippen molar-refractivity contribution in [3.05, 3.63) is 35.4 Å². The van der Waals surface area contributed by atoms with E-state index in [2.05, 4.69) is 5.32 Å². The fraction of sp³-hybridized carbons (Fsp3) is 0.500. The van der Waals surface area contributed by atoms with Crippen LogP contribution >= 0.6 is 0 Å². The van der Waals surface area contributed by atoms with Gasteiger partial charge in [-0.25, -0.2) is 9.59 Å². The Morgan fingerprint density at radius 1 is 1.23 bits per heavy atom. The number of benzene rings is 1. The number of nitrogens with one attached hydrogen (secondary N) is 1. The summed E-state index contributed by atoms with van der Waals surface area (Å²) in [5.74, 6) is -0.366. The Hall–Kier alpha value is -2.08. The molecule has 0 saturated carbocycles. The number of rotatable bonds is 5. The monoisotopic (exact) mass is 308 g/mol. The van der Waals surface area contributed by atoms with Crippen molar-refractivity contribution in [3.8, 4) is 0 Å². The summed E-state index contributed by atoms with van der Waals surface area (Å²) < 4.78 is 10.0. The van der Waals surface area contributed by atoms with Gasteiger partial charge in [0.2, 0.25) is 0 Å². The van der Waals surface area contributed by atoms with Crippen LogP contribution < -0.4 is 11.1 Å². The molecule has 22 heavy (non-hydrogen) atoms. The van der Waals surface area contributed by atoms with Gasteiger partial charge in [-0.15, -0.1) is 0 Å². The number of hydrogen-bond donors (Lipinski definition) is 2. The SMILES string of the molecule is CCOC(=O)c1ccc(C(N)CNC(=O)OC(C)(C)C)cc1. The van der Waals surface area contributed by atoms with Gasteiger partial charge in [0.05, 0.1) is 12.2 Å². The minimum atomic E-state index is -0.546. The lowest BCUT2D eigenvalue weighted by atomic mass is 10.1. The van der Waals surface area contributed by atoms with E-state index in [9.17, 15) is 9.59 Å². The smallest absolute Gasteiger partial charge is 0.407 e. The Morgan fingerprint density at radius 3 is 2.32 bits per heavy atom. The van der Waals surface area contributed by atoms with Crippen LogP contribution in [-0.2, 0) is 9.47 Å². The summed E-state index contributed by atoms with van der Waals surface area (Å²) in [5.41, 5.74) is 6.74. The third-order valence-electron chi connectivity index (χ3n) is 2.72. The molecule has 0 aliphatic carbocycles. The third kappa shape index (κ3) is 6.13. The summed E-state index contributed by atoms with van der Waals surface area (Å²) in [4.78, 5) is 23.1. The molecule has 1 atom stereocenters. The lowest BCUT2D eigenvalue weighted by Gasteiger charge is -2.21. The molecular formula is C16H24N2O4. The van der Waals surface area contributed by atoms with Crippen molar-refractivity contribution in [1.29, 1.82) is 0 Å². The first-order valence-electron chi connectivity index (χ1n) is 7.22. The standard InChI is InChI=1S/C16H24N2O4/c1-5-21-14(19)12-8-6-11(7-9-12)13(17)10-18-15(20)22-16(2,3)4/h6-9,13H,5,10,17H2,1-4H3,(H,18,20). The molecule has 0 spiro atoms. The van der Waals surface area contributed by atoms with Crippen molar-refractivity contribution in [2.24, 2.45) is 5.73 Å². The van der Waals surface area contributed by atoms with Crippen molar-refractivity contribution in [2.45, 2.75) is 39.3 Å². The Kier molecular flexibility index (Phi) is 6.37. The minimum Gasteiger partial charge on any atom is -0.462 e. The maximum Gasteiger partial charge on any atom is 0.407 e. The van der Waals surface area contributed by atoms with Crippen LogP contribution in [0.4, 0.5) is 4.79 Å². The van der Waals surface area contributed by atoms with E-state index < -0.39 is 11.7 Å². The molecule has 0 aliphatic rings. The van der Waals surface area contributed by atoms with Crippen LogP contribution in [0.2, 0.25) is 0 Å². The van der Waals surface area contributed by atoms with Crippen molar-refractivity contribution in [2.75, 3.05) is 13.2 Å². The number of hydrogen-bond acceptors (Lipinski definition) is 5. The number of esters is 1. The van der Waals surface area contributed by atoms with E-state index in [0.717, 1.165) is 5.56 Å². The third-order valence-corrected chi connectivity index (χ3v) is 2.72. The largest absolute Gasteiger partial charge is 0.462 e. The van der Waals surface area contributed by atoms with E-state index in [1.54, 1.807) is 52.0 Å². The molecule has 0 aromatic heterocycles. The van der Waals surface area contributed by atoms with E-state index in [4.69, 9.17) is 15.2 Å². The quantitative estimate of drug-likeness (QED) is 0.815. The maximum absolute atomic E-state index is 11.6. The van der Waals surface area contributed by atoms with Crippen molar-refractivity contribution in [3.63, 3.8) is 0 Å². The van der Waals surface area contributed by atoms with Gasteiger partial charge < -0.3 is 20.5 Å². The molecule has 1 aromatic carbocycles. The second kappa shape index (κ2) is 7.79. The second-order valence-electron chi connectivity index (χ2n) is 5.83. The summed E-state index contributed by atoms with van der Waals surface area (Å²) in [6, 6.07) is 6.41. The van der Waals surface area contributed by atoms with Crippen molar-refractivity contribution >= 4 is 12.1 Å². The molecule has 0 saturated heterocycles. The summed E-state index contributed by atoms with van der Waals surface area (Å²) in [5, 5.41) is 2.62. The van der Waals surface area contributed by atoms with Gasteiger partial charge in [0.25, 0.3) is 0 Å². The predicted octanol–water partition coefficient (Wildman–Crippen LogP) is 2.39. The van der Waals surface area contributed by atoms with Gasteiger partial charge >= 0.3 is 12.1 Å². The van der Waals surface area contributed by atoms with Gasteiger partial charge in [-0.1, -0.05) is 12.1 Å². The number of amides is 1. The molecule has 6 heteroatoms. The second-order valence-corrected chi connectivity index (χ2v) is 5.83. The molecule has 1 rings (SSSR count). The minimum absolute atomic E-state index is 0.244. The molecule has 0 heterocycles. The lowest BCUT2D eigenvalue weighted by molar-refractivity contribution is 0.0516. The van der Waals surface area contributed by atoms with Crippen molar-refractivity contribution in [1.82, 2.24) is 5.32 Å². The van der Waals surface area contributed by atoms with Crippen LogP contribution in [0, 0.1) is 0 Å². The zero-order chi connectivity index (χ0) is 16.8. The average Bonchev–Trinajstić information content (AvgIpc) is 2.43. The number of nitrogens with two attached hydrogens (primary N) is 1. The molecule has 1 aromatic rings. The van der Waals surface area contributed by atoms with Gasteiger partial charge in [0, 0.05) is 12.6 Å². The molecule has 0 radical (unpaired) electrons. The Morgan fingerprint density at radius 2 is 1.82 bits per heavy atom. The molecule has 3 N–H and O–H groups in total. The first-order valence-corrected chi connectivity index (χ1v) is 7.22. The highest BCUT2D eigenvalue weighted by molar-refractivity contribution is 5.89. The van der Waals surface area contributed by atoms with E-state index in [-0.39, 0.29) is 18.6 Å². The number of alkyl carbamates (subject to hydrolysis) is 1. The molecule has 122 valence electrons. The van der Waals surface area contributed by atoms with Crippen LogP contribution in [0.5, 0.6) is 0 Å². The topological polar surface area (TPSA) is 90.6 Å². The highest BCUT2D eigenvalue weighted by Crippen LogP contribution is 2.12. The molecule has 0 bridgehead atoms. The first kappa shape index (κ1) is 18.0. The number of ether oxygens (including phenoxy) is 2. The maximum atomic E-state index is 11.6. The zero-order valence-electron chi connectivity index (χ0n) is 13.5. The lowest BCUT2D eigenvalue weighted by Crippen LogP contribution is -2.36. The van der Waals surface area contributed by atoms with Crippen LogP contribution in [0.15, 0.2) is 24.3 Å². The molecule has 1 unspecified atom stereocenters. The van der Waals surface area contributed by atoms with Gasteiger partial charge in [-0.05, 0) is 45.4 Å². The van der Waals surface area contributed by atoms with E-state index in [1.165, 1.54) is 0 Å². The van der Waals surface area contributed by atoms with Gasteiger partial charge in [0.1, 0.15) is 5.60 Å². The summed E-state index contributed by atoms with van der Waals surface area (Å²) in [6.45, 7) is 7.71. The summed E-state index contributed by atoms with van der Waals surface area (Å²) in [6.07, 6.45) is -0.508. The van der Waals surface area contributed by atoms with Crippen LogP contribution in [0.25, 0.3) is 0 Å². The van der Waals surface area contributed by atoms with Gasteiger partial charge in [-0.3, -0.25) is 0 Å². The fourth-order valence-corrected chi connectivity index (χ4v) is 1.71. The van der Waals surface area contributed by atoms with Crippen LogP contribution in [0.1, 0.15) is 49.7 Å². The molecule has 1 amide bonds. The Balaban J connectivity index is 2.54. The normalized spacial score (nSPS) is 12.4. The molecular weight excluding hydrogens is 284 g/mol. The molecule has 0 fully saturated rings. The van der Waals surface area contributed by atoms with Gasteiger partial charge in [0.15, 0.2) is 0 Å². The predicted molar refractivity (Wildman–Crippen MR) is 83.6 cm³/mol. The fourth-order valence-electron chi connectivity index (χ4n) is 1.71. The average molecular weight is 308 g/mol. The first-order chi connectivity index (χ1) is 10.2.